The molecule has 2 rings (SSSR count). The summed E-state index contributed by atoms with van der Waals surface area (Å²) in [4.78, 5) is 24.3. The molecule has 106 valence electrons. The molecular weight excluding hydrogens is 264 g/mol. The number of non-ortho nitro benzene ring substituents is 1. The summed E-state index contributed by atoms with van der Waals surface area (Å²) in [6.07, 6.45) is 0.248. The number of aromatic nitrogens is 1. The normalized spacial score (nSPS) is 10.7. The first kappa shape index (κ1) is 13.9. The topological polar surface area (TPSA) is 105 Å². The van der Waals surface area contributed by atoms with Crippen molar-refractivity contribution < 1.29 is 19.6 Å². The van der Waals surface area contributed by atoms with Gasteiger partial charge in [-0.2, -0.15) is 0 Å². The minimum absolute atomic E-state index is 0.0420. The van der Waals surface area contributed by atoms with Crippen molar-refractivity contribution in [1.82, 2.24) is 4.98 Å². The van der Waals surface area contributed by atoms with Gasteiger partial charge in [0.2, 0.25) is 0 Å². The first-order valence-electron chi connectivity index (χ1n) is 6.00. The van der Waals surface area contributed by atoms with Gasteiger partial charge in [0.15, 0.2) is 0 Å². The average Bonchev–Trinajstić information content (AvgIpc) is 2.71. The number of aliphatic carboxylic acids is 1. The number of carboxylic acid groups (broad SMARTS) is 1. The van der Waals surface area contributed by atoms with Crippen molar-refractivity contribution in [2.24, 2.45) is 0 Å². The van der Waals surface area contributed by atoms with Crippen molar-refractivity contribution in [2.45, 2.75) is 19.8 Å². The van der Waals surface area contributed by atoms with Crippen LogP contribution in [0.1, 0.15) is 17.7 Å². The van der Waals surface area contributed by atoms with E-state index in [9.17, 15) is 14.9 Å². The predicted molar refractivity (Wildman–Crippen MR) is 72.2 cm³/mol. The predicted octanol–water partition coefficient (Wildman–Crippen LogP) is 2.41. The Bertz CT molecular complexity index is 690. The third-order valence-electron chi connectivity index (χ3n) is 3.22. The molecule has 0 fully saturated rings. The van der Waals surface area contributed by atoms with E-state index in [2.05, 4.69) is 4.98 Å². The number of carbonyl (C=O) groups is 1. The number of nitrogens with one attached hydrogen (secondary N) is 1. The second-order valence-corrected chi connectivity index (χ2v) is 4.42. The number of methoxy groups -OCH3 is 1. The van der Waals surface area contributed by atoms with Gasteiger partial charge in [-0.05, 0) is 25.0 Å². The van der Waals surface area contributed by atoms with Gasteiger partial charge in [-0.3, -0.25) is 14.9 Å². The minimum Gasteiger partial charge on any atom is -0.496 e. The summed E-state index contributed by atoms with van der Waals surface area (Å²) in [5.41, 5.74) is 1.77. The number of benzene rings is 1. The summed E-state index contributed by atoms with van der Waals surface area (Å²) < 4.78 is 5.23. The smallest absolute Gasteiger partial charge is 0.303 e. The number of aryl methyl sites for hydroxylation is 2. The van der Waals surface area contributed by atoms with Crippen molar-refractivity contribution >= 4 is 22.6 Å². The number of aromatic amines is 1. The second kappa shape index (κ2) is 5.20. The molecule has 2 N–H and O–H groups in total. The van der Waals surface area contributed by atoms with Gasteiger partial charge in [-0.15, -0.1) is 0 Å². The van der Waals surface area contributed by atoms with Gasteiger partial charge in [-0.1, -0.05) is 0 Å². The van der Waals surface area contributed by atoms with E-state index < -0.39 is 10.9 Å². The number of nitro groups is 1. The molecule has 0 saturated heterocycles. The molecule has 0 atom stereocenters. The summed E-state index contributed by atoms with van der Waals surface area (Å²) >= 11 is 0. The molecule has 1 heterocycles. The summed E-state index contributed by atoms with van der Waals surface area (Å²) in [5, 5.41) is 20.4. The lowest BCUT2D eigenvalue weighted by atomic mass is 10.0. The number of nitrogens with zero attached hydrogens (tertiary/aromatic N) is 1. The van der Waals surface area contributed by atoms with Crippen molar-refractivity contribution in [3.63, 3.8) is 0 Å². The van der Waals surface area contributed by atoms with E-state index in [-0.39, 0.29) is 12.1 Å². The minimum atomic E-state index is -0.914. The zero-order chi connectivity index (χ0) is 14.9. The van der Waals surface area contributed by atoms with Gasteiger partial charge < -0.3 is 14.8 Å². The molecule has 0 bridgehead atoms. The Labute approximate surface area is 114 Å². The van der Waals surface area contributed by atoms with Gasteiger partial charge in [0, 0.05) is 18.2 Å². The first-order valence-corrected chi connectivity index (χ1v) is 6.00. The highest BCUT2D eigenvalue weighted by atomic mass is 16.6. The highest BCUT2D eigenvalue weighted by molar-refractivity contribution is 5.96. The number of nitro benzene ring substituents is 1. The van der Waals surface area contributed by atoms with Crippen LogP contribution in [0.4, 0.5) is 5.69 Å². The van der Waals surface area contributed by atoms with Crippen molar-refractivity contribution in [1.29, 1.82) is 0 Å². The molecule has 0 amide bonds. The quantitative estimate of drug-likeness (QED) is 0.645. The van der Waals surface area contributed by atoms with Crippen LogP contribution in [-0.2, 0) is 11.2 Å². The second-order valence-electron chi connectivity index (χ2n) is 4.42. The highest BCUT2D eigenvalue weighted by Crippen LogP contribution is 2.37. The van der Waals surface area contributed by atoms with E-state index in [1.165, 1.54) is 19.2 Å². The molecule has 7 heteroatoms. The number of fused-ring (bicyclic) bond motifs is 1. The van der Waals surface area contributed by atoms with Crippen LogP contribution >= 0.6 is 0 Å². The third-order valence-corrected chi connectivity index (χ3v) is 3.22. The fourth-order valence-corrected chi connectivity index (χ4v) is 2.32. The van der Waals surface area contributed by atoms with Crippen LogP contribution in [0.3, 0.4) is 0 Å². The standard InChI is InChI=1S/C13H14N2O5/c1-7-8(3-6-11(16)17)12-10(20-2)5-4-9(15(18)19)13(12)14-7/h4-5,14H,3,6H2,1-2H3,(H,16,17). The molecular formula is C13H14N2O5. The zero-order valence-electron chi connectivity index (χ0n) is 11.1. The summed E-state index contributed by atoms with van der Waals surface area (Å²) in [7, 11) is 1.48. The molecule has 1 aromatic heterocycles. The molecule has 0 saturated carbocycles. The molecule has 0 aliphatic rings. The molecule has 2 aromatic rings. The van der Waals surface area contributed by atoms with E-state index in [0.717, 1.165) is 5.56 Å². The maximum atomic E-state index is 11.1. The lowest BCUT2D eigenvalue weighted by Gasteiger charge is -2.05. The molecule has 0 spiro atoms. The number of rotatable bonds is 5. The Morgan fingerprint density at radius 2 is 2.20 bits per heavy atom. The van der Waals surface area contributed by atoms with E-state index in [0.29, 0.717) is 28.8 Å². The van der Waals surface area contributed by atoms with E-state index in [1.54, 1.807) is 6.92 Å². The molecule has 7 nitrogen and oxygen atoms in total. The molecule has 0 radical (unpaired) electrons. The van der Waals surface area contributed by atoms with E-state index >= 15 is 0 Å². The molecule has 0 aliphatic carbocycles. The molecule has 0 aliphatic heterocycles. The maximum Gasteiger partial charge on any atom is 0.303 e. The van der Waals surface area contributed by atoms with Crippen LogP contribution in [0.15, 0.2) is 12.1 Å². The van der Waals surface area contributed by atoms with Gasteiger partial charge in [0.1, 0.15) is 11.3 Å². The summed E-state index contributed by atoms with van der Waals surface area (Å²) in [6.45, 7) is 1.76. The van der Waals surface area contributed by atoms with E-state index in [1.807, 2.05) is 0 Å². The lowest BCUT2D eigenvalue weighted by Crippen LogP contribution is -1.98. The van der Waals surface area contributed by atoms with Crippen LogP contribution < -0.4 is 4.74 Å². The van der Waals surface area contributed by atoms with Gasteiger partial charge in [0.05, 0.1) is 17.4 Å². The van der Waals surface area contributed by atoms with Crippen molar-refractivity contribution in [3.05, 3.63) is 33.5 Å². The summed E-state index contributed by atoms with van der Waals surface area (Å²) in [6, 6.07) is 2.90. The SMILES string of the molecule is COc1ccc([N+](=O)[O-])c2[nH]c(C)c(CCC(=O)O)c12. The lowest BCUT2D eigenvalue weighted by molar-refractivity contribution is -0.383. The van der Waals surface area contributed by atoms with Gasteiger partial charge in [0.25, 0.3) is 5.69 Å². The number of hydrogen-bond acceptors (Lipinski definition) is 4. The fraction of sp³-hybridized carbons (Fsp3) is 0.308. The Hall–Kier alpha value is -2.57. The monoisotopic (exact) mass is 278 g/mol. The molecule has 20 heavy (non-hydrogen) atoms. The van der Waals surface area contributed by atoms with E-state index in [4.69, 9.17) is 9.84 Å². The molecule has 0 unspecified atom stereocenters. The van der Waals surface area contributed by atoms with Crippen LogP contribution in [0, 0.1) is 17.0 Å². The van der Waals surface area contributed by atoms with Crippen LogP contribution in [0.2, 0.25) is 0 Å². The Kier molecular flexibility index (Phi) is 3.60. The number of H-pyrrole nitrogens is 1. The Morgan fingerprint density at radius 3 is 2.75 bits per heavy atom. The summed E-state index contributed by atoms with van der Waals surface area (Å²) in [5.74, 6) is -0.418. The number of ether oxygens (including phenoxy) is 1. The largest absolute Gasteiger partial charge is 0.496 e. The van der Waals surface area contributed by atoms with Gasteiger partial charge >= 0.3 is 5.97 Å². The Balaban J connectivity index is 2.68. The van der Waals surface area contributed by atoms with Crippen LogP contribution in [0.25, 0.3) is 10.9 Å². The van der Waals surface area contributed by atoms with Crippen LogP contribution in [-0.4, -0.2) is 28.1 Å². The van der Waals surface area contributed by atoms with Crippen LogP contribution in [0.5, 0.6) is 5.75 Å². The fourth-order valence-electron chi connectivity index (χ4n) is 2.32. The van der Waals surface area contributed by atoms with Crippen molar-refractivity contribution in [3.8, 4) is 5.75 Å². The third kappa shape index (κ3) is 2.29. The number of hydrogen-bond donors (Lipinski definition) is 2. The first-order chi connectivity index (χ1) is 9.45. The van der Waals surface area contributed by atoms with Gasteiger partial charge in [-0.25, -0.2) is 0 Å². The maximum absolute atomic E-state index is 11.1. The Morgan fingerprint density at radius 1 is 1.50 bits per heavy atom. The number of carboxylic acids is 1. The zero-order valence-corrected chi connectivity index (χ0v) is 11.1. The highest BCUT2D eigenvalue weighted by Gasteiger charge is 2.21. The average molecular weight is 278 g/mol. The molecule has 1 aromatic carbocycles. The van der Waals surface area contributed by atoms with Crippen molar-refractivity contribution in [2.75, 3.05) is 7.11 Å².